The van der Waals surface area contributed by atoms with Crippen LogP contribution in [0.3, 0.4) is 0 Å². The van der Waals surface area contributed by atoms with E-state index in [0.29, 0.717) is 24.1 Å². The summed E-state index contributed by atoms with van der Waals surface area (Å²) >= 11 is 7.36. The van der Waals surface area contributed by atoms with E-state index < -0.39 is 10.0 Å². The molecular weight excluding hydrogens is 254 g/mol. The molecule has 1 aliphatic rings. The lowest BCUT2D eigenvalue weighted by Crippen LogP contribution is -2.48. The molecule has 0 N–H and O–H groups in total. The Kier molecular flexibility index (Phi) is 5.22. The molecule has 1 heterocycles. The summed E-state index contributed by atoms with van der Waals surface area (Å²) in [7, 11) is -3.09. The molecule has 1 fully saturated rings. The van der Waals surface area contributed by atoms with Crippen LogP contribution in [0, 0.1) is 0 Å². The van der Waals surface area contributed by atoms with E-state index in [2.05, 4.69) is 6.92 Å². The summed E-state index contributed by atoms with van der Waals surface area (Å²) in [6.45, 7) is 4.70. The second-order valence-corrected chi connectivity index (χ2v) is 7.69. The van der Waals surface area contributed by atoms with E-state index in [9.17, 15) is 8.42 Å². The van der Waals surface area contributed by atoms with E-state index in [1.165, 1.54) is 0 Å². The molecule has 0 spiro atoms. The minimum atomic E-state index is -3.09. The standard InChI is InChI=1S/C9H18ClNO2S2/c1-8-9(2)14-6-5-11(8)15(12,13)7-3-4-10/h8-9H,3-7H2,1-2H3. The zero-order valence-corrected chi connectivity index (χ0v) is 11.5. The molecule has 15 heavy (non-hydrogen) atoms. The van der Waals surface area contributed by atoms with E-state index in [4.69, 9.17) is 11.6 Å². The second-order valence-electron chi connectivity index (χ2n) is 3.79. The Morgan fingerprint density at radius 1 is 1.47 bits per heavy atom. The minimum Gasteiger partial charge on any atom is -0.212 e. The number of alkyl halides is 1. The van der Waals surface area contributed by atoms with Crippen molar-refractivity contribution in [3.8, 4) is 0 Å². The molecule has 0 aliphatic carbocycles. The Hall–Kier alpha value is 0.550. The van der Waals surface area contributed by atoms with E-state index >= 15 is 0 Å². The maximum atomic E-state index is 12.0. The van der Waals surface area contributed by atoms with Crippen LogP contribution in [-0.2, 0) is 10.0 Å². The lowest BCUT2D eigenvalue weighted by molar-refractivity contribution is 0.340. The molecule has 1 aliphatic heterocycles. The highest BCUT2D eigenvalue weighted by atomic mass is 35.5. The molecule has 1 rings (SSSR count). The number of nitrogens with zero attached hydrogens (tertiary/aromatic N) is 1. The topological polar surface area (TPSA) is 37.4 Å². The van der Waals surface area contributed by atoms with Crippen LogP contribution in [0.2, 0.25) is 0 Å². The van der Waals surface area contributed by atoms with Gasteiger partial charge in [-0.25, -0.2) is 8.42 Å². The third-order valence-corrected chi connectivity index (χ3v) is 6.36. The van der Waals surface area contributed by atoms with Gasteiger partial charge in [-0.15, -0.1) is 11.6 Å². The molecule has 6 heteroatoms. The van der Waals surface area contributed by atoms with Gasteiger partial charge < -0.3 is 0 Å². The Morgan fingerprint density at radius 2 is 2.13 bits per heavy atom. The van der Waals surface area contributed by atoms with Crippen LogP contribution >= 0.6 is 23.4 Å². The highest BCUT2D eigenvalue weighted by molar-refractivity contribution is 8.00. The number of hydrogen-bond acceptors (Lipinski definition) is 3. The second kappa shape index (κ2) is 5.75. The van der Waals surface area contributed by atoms with Gasteiger partial charge in [0, 0.05) is 29.5 Å². The van der Waals surface area contributed by atoms with Crippen molar-refractivity contribution in [2.75, 3.05) is 23.9 Å². The molecule has 1 saturated heterocycles. The van der Waals surface area contributed by atoms with E-state index in [1.807, 2.05) is 18.7 Å². The summed E-state index contributed by atoms with van der Waals surface area (Å²) in [6, 6.07) is 0.101. The Bertz CT molecular complexity index is 294. The predicted octanol–water partition coefficient (Wildman–Crippen LogP) is 1.77. The van der Waals surface area contributed by atoms with Crippen LogP contribution in [0.1, 0.15) is 20.3 Å². The first-order valence-electron chi connectivity index (χ1n) is 5.16. The van der Waals surface area contributed by atoms with Crippen molar-refractivity contribution in [2.24, 2.45) is 0 Å². The lowest BCUT2D eigenvalue weighted by atomic mass is 10.2. The van der Waals surface area contributed by atoms with Crippen LogP contribution in [0.5, 0.6) is 0 Å². The first-order chi connectivity index (χ1) is 6.99. The zero-order valence-electron chi connectivity index (χ0n) is 9.15. The lowest BCUT2D eigenvalue weighted by Gasteiger charge is -2.36. The van der Waals surface area contributed by atoms with Gasteiger partial charge in [-0.1, -0.05) is 6.92 Å². The summed E-state index contributed by atoms with van der Waals surface area (Å²) in [6.07, 6.45) is 0.536. The molecule has 0 saturated carbocycles. The number of halogens is 1. The van der Waals surface area contributed by atoms with Crippen molar-refractivity contribution in [1.29, 1.82) is 0 Å². The third-order valence-electron chi connectivity index (χ3n) is 2.72. The van der Waals surface area contributed by atoms with Gasteiger partial charge in [-0.05, 0) is 13.3 Å². The van der Waals surface area contributed by atoms with Crippen molar-refractivity contribution < 1.29 is 8.42 Å². The van der Waals surface area contributed by atoms with Crippen LogP contribution in [0.4, 0.5) is 0 Å². The predicted molar refractivity (Wildman–Crippen MR) is 67.2 cm³/mol. The minimum absolute atomic E-state index is 0.101. The molecule has 0 aromatic rings. The van der Waals surface area contributed by atoms with Crippen molar-refractivity contribution in [2.45, 2.75) is 31.6 Å². The fourth-order valence-electron chi connectivity index (χ4n) is 1.65. The molecule has 0 radical (unpaired) electrons. The van der Waals surface area contributed by atoms with Crippen molar-refractivity contribution in [3.05, 3.63) is 0 Å². The molecule has 0 aromatic carbocycles. The molecular formula is C9H18ClNO2S2. The van der Waals surface area contributed by atoms with Crippen LogP contribution in [0.15, 0.2) is 0 Å². The molecule has 3 nitrogen and oxygen atoms in total. The molecule has 0 amide bonds. The smallest absolute Gasteiger partial charge is 0.212 e. The first-order valence-corrected chi connectivity index (χ1v) is 8.35. The van der Waals surface area contributed by atoms with Crippen LogP contribution < -0.4 is 0 Å². The van der Waals surface area contributed by atoms with E-state index in [-0.39, 0.29) is 11.8 Å². The summed E-state index contributed by atoms with van der Waals surface area (Å²) in [5.74, 6) is 1.48. The van der Waals surface area contributed by atoms with E-state index in [1.54, 1.807) is 4.31 Å². The van der Waals surface area contributed by atoms with Gasteiger partial charge in [-0.2, -0.15) is 16.1 Å². The Labute approximate surface area is 102 Å². The summed E-state index contributed by atoms with van der Waals surface area (Å²) in [4.78, 5) is 0. The van der Waals surface area contributed by atoms with Crippen molar-refractivity contribution in [3.63, 3.8) is 0 Å². The average Bonchev–Trinajstić information content (AvgIpc) is 2.19. The van der Waals surface area contributed by atoms with Gasteiger partial charge in [0.1, 0.15) is 0 Å². The maximum absolute atomic E-state index is 12.0. The SMILES string of the molecule is CC1SCCN(S(=O)(=O)CCCCl)C1C. The first kappa shape index (κ1) is 13.6. The highest BCUT2D eigenvalue weighted by Crippen LogP contribution is 2.26. The summed E-state index contributed by atoms with van der Waals surface area (Å²) in [5.41, 5.74) is 0. The molecule has 0 bridgehead atoms. The van der Waals surface area contributed by atoms with Gasteiger partial charge in [0.05, 0.1) is 5.75 Å². The summed E-state index contributed by atoms with van der Waals surface area (Å²) < 4.78 is 25.6. The van der Waals surface area contributed by atoms with Crippen molar-refractivity contribution >= 4 is 33.4 Å². The highest BCUT2D eigenvalue weighted by Gasteiger charge is 2.33. The van der Waals surface area contributed by atoms with E-state index in [0.717, 1.165) is 5.75 Å². The van der Waals surface area contributed by atoms with Crippen LogP contribution in [0.25, 0.3) is 0 Å². The zero-order chi connectivity index (χ0) is 11.5. The van der Waals surface area contributed by atoms with Gasteiger partial charge >= 0.3 is 0 Å². The third kappa shape index (κ3) is 3.51. The van der Waals surface area contributed by atoms with Crippen LogP contribution in [-0.4, -0.2) is 47.9 Å². The Morgan fingerprint density at radius 3 is 2.73 bits per heavy atom. The average molecular weight is 272 g/mol. The number of thioether (sulfide) groups is 1. The van der Waals surface area contributed by atoms with Gasteiger partial charge in [0.2, 0.25) is 10.0 Å². The fourth-order valence-corrected chi connectivity index (χ4v) is 5.04. The quantitative estimate of drug-likeness (QED) is 0.732. The Balaban J connectivity index is 2.68. The monoisotopic (exact) mass is 271 g/mol. The number of hydrogen-bond donors (Lipinski definition) is 0. The largest absolute Gasteiger partial charge is 0.214 e. The molecule has 2 atom stereocenters. The maximum Gasteiger partial charge on any atom is 0.214 e. The molecule has 0 aromatic heterocycles. The van der Waals surface area contributed by atoms with Gasteiger partial charge in [-0.3, -0.25) is 0 Å². The van der Waals surface area contributed by atoms with Gasteiger partial charge in [0.25, 0.3) is 0 Å². The fraction of sp³-hybridized carbons (Fsp3) is 1.00. The summed E-state index contributed by atoms with van der Waals surface area (Å²) in [5, 5.41) is 0.379. The molecule has 90 valence electrons. The normalized spacial score (nSPS) is 29.3. The number of rotatable bonds is 4. The van der Waals surface area contributed by atoms with Gasteiger partial charge in [0.15, 0.2) is 0 Å². The number of sulfonamides is 1. The molecule has 2 unspecified atom stereocenters. The van der Waals surface area contributed by atoms with Crippen molar-refractivity contribution in [1.82, 2.24) is 4.31 Å².